The van der Waals surface area contributed by atoms with Gasteiger partial charge in [0.25, 0.3) is 0 Å². The Balaban J connectivity index is 1.45. The number of alkyl halides is 5. The minimum Gasteiger partial charge on any atom is -0.489 e. The largest absolute Gasteiger partial charge is 0.489 e. The van der Waals surface area contributed by atoms with Crippen molar-refractivity contribution >= 4 is 39.0 Å². The molecule has 9 nitrogen and oxygen atoms in total. The third-order valence-corrected chi connectivity index (χ3v) is 10.4. The summed E-state index contributed by atoms with van der Waals surface area (Å²) in [5, 5.41) is 0.251. The number of benzene rings is 2. The highest BCUT2D eigenvalue weighted by molar-refractivity contribution is 7.90. The summed E-state index contributed by atoms with van der Waals surface area (Å²) in [6.45, 7) is -0.959. The van der Waals surface area contributed by atoms with Crippen LogP contribution in [0, 0.1) is 5.92 Å². The Kier molecular flexibility index (Phi) is 12.5. The van der Waals surface area contributed by atoms with Gasteiger partial charge < -0.3 is 18.9 Å². The van der Waals surface area contributed by atoms with Crippen molar-refractivity contribution in [2.24, 2.45) is 5.92 Å². The van der Waals surface area contributed by atoms with E-state index < -0.39 is 57.3 Å². The van der Waals surface area contributed by atoms with E-state index in [0.29, 0.717) is 37.9 Å². The molecule has 0 spiro atoms. The van der Waals surface area contributed by atoms with Crippen LogP contribution in [-0.4, -0.2) is 76.1 Å². The number of sulfone groups is 1. The number of carbonyl (C=O) groups excluding carboxylic acids is 1. The first-order valence-corrected chi connectivity index (χ1v) is 18.2. The fourth-order valence-corrected chi connectivity index (χ4v) is 7.20. The standard InChI is InChI=1S/C33H33Cl2F5N2O7S/c34-26-16-41-17-27(35)24(26)15-29(21-4-6-28(49-32(36)37)30(14-21)47-18-20-1-2-20)48-31(43)22-3-5-25(33(38,39)40)23(13-22)19-50(44,45)12-9-42-7-10-46-11-8-42/h3-6,13-14,16-17,20,29,32H,1-2,7-12,15,18-19H2/t29-/m0/s1. The first kappa shape index (κ1) is 38.0. The highest BCUT2D eigenvalue weighted by atomic mass is 35.5. The number of hydrogen-bond acceptors (Lipinski definition) is 9. The lowest BCUT2D eigenvalue weighted by Gasteiger charge is -2.26. The molecular formula is C33H33Cl2F5N2O7S. The molecule has 1 atom stereocenters. The summed E-state index contributed by atoms with van der Waals surface area (Å²) in [4.78, 5) is 19.4. The quantitative estimate of drug-likeness (QED) is 0.118. The number of rotatable bonds is 15. The van der Waals surface area contributed by atoms with E-state index in [1.54, 1.807) is 0 Å². The molecule has 5 rings (SSSR count). The molecule has 2 aromatic carbocycles. The van der Waals surface area contributed by atoms with Crippen molar-refractivity contribution in [2.75, 3.05) is 45.2 Å². The molecule has 0 radical (unpaired) electrons. The van der Waals surface area contributed by atoms with Crippen molar-refractivity contribution in [3.8, 4) is 11.5 Å². The van der Waals surface area contributed by atoms with Crippen LogP contribution >= 0.6 is 23.2 Å². The van der Waals surface area contributed by atoms with Crippen LogP contribution in [0.2, 0.25) is 10.0 Å². The molecule has 3 aromatic rings. The topological polar surface area (TPSA) is 104 Å². The van der Waals surface area contributed by atoms with Crippen molar-refractivity contribution in [2.45, 2.75) is 43.9 Å². The summed E-state index contributed by atoms with van der Waals surface area (Å²) in [5.41, 5.74) is -1.62. The predicted molar refractivity (Wildman–Crippen MR) is 174 cm³/mol. The fourth-order valence-electron chi connectivity index (χ4n) is 5.29. The maximum absolute atomic E-state index is 14.0. The van der Waals surface area contributed by atoms with Crippen LogP contribution in [0.25, 0.3) is 0 Å². The minimum absolute atomic E-state index is 0.0400. The van der Waals surface area contributed by atoms with Crippen molar-refractivity contribution in [3.05, 3.63) is 86.7 Å². The molecule has 0 amide bonds. The number of pyridine rings is 1. The molecule has 50 heavy (non-hydrogen) atoms. The summed E-state index contributed by atoms with van der Waals surface area (Å²) in [7, 11) is -4.05. The van der Waals surface area contributed by atoms with E-state index in [1.165, 1.54) is 30.6 Å². The van der Waals surface area contributed by atoms with Gasteiger partial charge in [-0.15, -0.1) is 0 Å². The van der Waals surface area contributed by atoms with Crippen molar-refractivity contribution in [1.82, 2.24) is 9.88 Å². The van der Waals surface area contributed by atoms with E-state index in [1.807, 2.05) is 4.90 Å². The number of ether oxygens (including phenoxy) is 4. The molecule has 0 bridgehead atoms. The second-order valence-electron chi connectivity index (χ2n) is 11.9. The van der Waals surface area contributed by atoms with Crippen LogP contribution in [0.5, 0.6) is 11.5 Å². The van der Waals surface area contributed by atoms with Gasteiger partial charge in [-0.3, -0.25) is 9.88 Å². The molecule has 1 aliphatic carbocycles. The molecule has 2 fully saturated rings. The molecular weight excluding hydrogens is 734 g/mol. The summed E-state index contributed by atoms with van der Waals surface area (Å²) in [6.07, 6.45) is -1.85. The highest BCUT2D eigenvalue weighted by Gasteiger charge is 2.35. The second-order valence-corrected chi connectivity index (χ2v) is 14.9. The summed E-state index contributed by atoms with van der Waals surface area (Å²) in [6, 6.07) is 6.32. The molecule has 1 aromatic heterocycles. The van der Waals surface area contributed by atoms with Crippen LogP contribution in [0.1, 0.15) is 51.6 Å². The Morgan fingerprint density at radius 3 is 2.36 bits per heavy atom. The summed E-state index contributed by atoms with van der Waals surface area (Å²) < 4.78 is 116. The number of aromatic nitrogens is 1. The molecule has 272 valence electrons. The maximum Gasteiger partial charge on any atom is 0.416 e. The Morgan fingerprint density at radius 2 is 1.72 bits per heavy atom. The van der Waals surface area contributed by atoms with Gasteiger partial charge in [0.15, 0.2) is 21.3 Å². The number of halogens is 7. The van der Waals surface area contributed by atoms with Crippen LogP contribution < -0.4 is 9.47 Å². The van der Waals surface area contributed by atoms with Gasteiger partial charge in [0.1, 0.15) is 6.10 Å². The molecule has 1 saturated heterocycles. The van der Waals surface area contributed by atoms with Gasteiger partial charge in [0.2, 0.25) is 0 Å². The number of carbonyl (C=O) groups is 1. The third kappa shape index (κ3) is 10.6. The van der Waals surface area contributed by atoms with Crippen molar-refractivity contribution in [3.63, 3.8) is 0 Å². The van der Waals surface area contributed by atoms with E-state index in [-0.39, 0.29) is 58.2 Å². The van der Waals surface area contributed by atoms with E-state index in [0.717, 1.165) is 25.0 Å². The third-order valence-electron chi connectivity index (χ3n) is 8.16. The summed E-state index contributed by atoms with van der Waals surface area (Å²) >= 11 is 12.7. The molecule has 2 heterocycles. The zero-order chi connectivity index (χ0) is 36.1. The lowest BCUT2D eigenvalue weighted by atomic mass is 10.0. The lowest BCUT2D eigenvalue weighted by Crippen LogP contribution is -2.39. The van der Waals surface area contributed by atoms with E-state index in [2.05, 4.69) is 9.72 Å². The summed E-state index contributed by atoms with van der Waals surface area (Å²) in [5.74, 6) is -2.50. The van der Waals surface area contributed by atoms with Gasteiger partial charge in [-0.05, 0) is 65.8 Å². The van der Waals surface area contributed by atoms with Gasteiger partial charge in [-0.25, -0.2) is 13.2 Å². The molecule has 0 N–H and O–H groups in total. The SMILES string of the molecule is O=C(O[C@@H](Cc1c(Cl)cncc1Cl)c1ccc(OC(F)F)c(OCC2CC2)c1)c1ccc(C(F)(F)F)c(CS(=O)(=O)CCN2CCOCC2)c1. The zero-order valence-corrected chi connectivity index (χ0v) is 28.8. The van der Waals surface area contributed by atoms with Gasteiger partial charge >= 0.3 is 18.8 Å². The normalized spacial score (nSPS) is 16.3. The number of nitrogens with zero attached hydrogens (tertiary/aromatic N) is 2. The average molecular weight is 768 g/mol. The van der Waals surface area contributed by atoms with Crippen molar-refractivity contribution < 1.29 is 54.1 Å². The first-order valence-electron chi connectivity index (χ1n) is 15.6. The second kappa shape index (κ2) is 16.4. The van der Waals surface area contributed by atoms with E-state index >= 15 is 0 Å². The highest BCUT2D eigenvalue weighted by Crippen LogP contribution is 2.39. The van der Waals surface area contributed by atoms with Crippen LogP contribution in [0.15, 0.2) is 48.8 Å². The Bertz CT molecular complexity index is 1750. The molecule has 0 unspecified atom stereocenters. The first-order chi connectivity index (χ1) is 23.7. The van der Waals surface area contributed by atoms with E-state index in [9.17, 15) is 35.2 Å². The van der Waals surface area contributed by atoms with Crippen molar-refractivity contribution in [1.29, 1.82) is 0 Å². The Labute approximate surface area is 295 Å². The lowest BCUT2D eigenvalue weighted by molar-refractivity contribution is -0.138. The number of hydrogen-bond donors (Lipinski definition) is 0. The van der Waals surface area contributed by atoms with Crippen LogP contribution in [0.3, 0.4) is 0 Å². The number of esters is 1. The van der Waals surface area contributed by atoms with Gasteiger partial charge in [0, 0.05) is 38.4 Å². The maximum atomic E-state index is 14.0. The van der Waals surface area contributed by atoms with Gasteiger partial charge in [-0.1, -0.05) is 29.3 Å². The molecule has 2 aliphatic rings. The van der Waals surface area contributed by atoms with Gasteiger partial charge in [-0.2, -0.15) is 22.0 Å². The molecule has 1 saturated carbocycles. The Morgan fingerprint density at radius 1 is 1.02 bits per heavy atom. The number of morpholine rings is 1. The zero-order valence-electron chi connectivity index (χ0n) is 26.4. The fraction of sp³-hybridized carbons (Fsp3) is 0.455. The monoisotopic (exact) mass is 766 g/mol. The average Bonchev–Trinajstić information content (AvgIpc) is 3.89. The van der Waals surface area contributed by atoms with Crippen LogP contribution in [-0.2, 0) is 37.7 Å². The molecule has 1 aliphatic heterocycles. The minimum atomic E-state index is -4.91. The van der Waals surface area contributed by atoms with E-state index in [4.69, 9.17) is 37.4 Å². The molecule has 17 heteroatoms. The van der Waals surface area contributed by atoms with Crippen LogP contribution in [0.4, 0.5) is 22.0 Å². The Hall–Kier alpha value is -3.24. The van der Waals surface area contributed by atoms with Gasteiger partial charge in [0.05, 0.1) is 52.5 Å². The predicted octanol–water partition coefficient (Wildman–Crippen LogP) is 7.19. The smallest absolute Gasteiger partial charge is 0.416 e.